The molecule has 0 spiro atoms. The van der Waals surface area contributed by atoms with Gasteiger partial charge in [-0.25, -0.2) is 9.78 Å². The van der Waals surface area contributed by atoms with Crippen molar-refractivity contribution >= 4 is 5.97 Å². The zero-order valence-electron chi connectivity index (χ0n) is 10.6. The van der Waals surface area contributed by atoms with Crippen LogP contribution in [0.4, 0.5) is 0 Å². The van der Waals surface area contributed by atoms with Crippen LogP contribution in [-0.2, 0) is 4.74 Å². The second-order valence-corrected chi connectivity index (χ2v) is 4.08. The van der Waals surface area contributed by atoms with Gasteiger partial charge in [-0.15, -0.1) is 10.2 Å². The number of hydrogen-bond acceptors (Lipinski definition) is 5. The van der Waals surface area contributed by atoms with E-state index >= 15 is 0 Å². The van der Waals surface area contributed by atoms with E-state index in [1.54, 1.807) is 30.1 Å². The molecule has 7 nitrogen and oxygen atoms in total. The predicted molar refractivity (Wildman–Crippen MR) is 66.8 cm³/mol. The molecule has 2 rings (SSSR count). The molecule has 2 heterocycles. The maximum Gasteiger partial charge on any atom is 0.354 e. The molecule has 19 heavy (non-hydrogen) atoms. The minimum Gasteiger partial charge on any atom is -0.477 e. The Morgan fingerprint density at radius 1 is 1.53 bits per heavy atom. The quantitative estimate of drug-likeness (QED) is 0.872. The average Bonchev–Trinajstić information content (AvgIpc) is 2.88. The summed E-state index contributed by atoms with van der Waals surface area (Å²) in [5.41, 5.74) is 0.451. The molecular formula is C12H14N4O3. The lowest BCUT2D eigenvalue weighted by atomic mass is 10.2. The van der Waals surface area contributed by atoms with Crippen molar-refractivity contribution in [1.82, 2.24) is 19.7 Å². The maximum atomic E-state index is 10.9. The number of aromatic carboxylic acids is 1. The number of methoxy groups -OCH3 is 1. The topological polar surface area (TPSA) is 90.1 Å². The fraction of sp³-hybridized carbons (Fsp3) is 0.333. The molecule has 0 fully saturated rings. The van der Waals surface area contributed by atoms with Crippen LogP contribution >= 0.6 is 0 Å². The molecule has 0 aliphatic carbocycles. The summed E-state index contributed by atoms with van der Waals surface area (Å²) in [6, 6.07) is 4.80. The molecule has 7 heteroatoms. The Morgan fingerprint density at radius 3 is 3.00 bits per heavy atom. The second kappa shape index (κ2) is 5.57. The Labute approximate surface area is 109 Å². The zero-order chi connectivity index (χ0) is 13.8. The molecule has 0 amide bonds. The summed E-state index contributed by atoms with van der Waals surface area (Å²) < 4.78 is 6.89. The first-order valence-corrected chi connectivity index (χ1v) is 5.72. The molecule has 1 unspecified atom stereocenters. The van der Waals surface area contributed by atoms with Gasteiger partial charge in [0.15, 0.2) is 5.82 Å². The van der Waals surface area contributed by atoms with Gasteiger partial charge >= 0.3 is 5.97 Å². The van der Waals surface area contributed by atoms with E-state index in [4.69, 9.17) is 9.84 Å². The highest BCUT2D eigenvalue weighted by molar-refractivity contribution is 5.85. The molecule has 0 saturated heterocycles. The molecule has 2 aromatic heterocycles. The van der Waals surface area contributed by atoms with E-state index in [2.05, 4.69) is 15.2 Å². The Kier molecular flexibility index (Phi) is 3.86. The van der Waals surface area contributed by atoms with E-state index in [9.17, 15) is 4.79 Å². The van der Waals surface area contributed by atoms with Crippen LogP contribution in [0.15, 0.2) is 24.5 Å². The number of ether oxygens (including phenoxy) is 1. The number of carboxylic acid groups (broad SMARTS) is 1. The third kappa shape index (κ3) is 2.76. The van der Waals surface area contributed by atoms with Crippen LogP contribution in [0.5, 0.6) is 0 Å². The predicted octanol–water partition coefficient (Wildman–Crippen LogP) is 1.25. The summed E-state index contributed by atoms with van der Waals surface area (Å²) >= 11 is 0. The Hall–Kier alpha value is -2.28. The van der Waals surface area contributed by atoms with Gasteiger partial charge in [0.05, 0.1) is 12.6 Å². The van der Waals surface area contributed by atoms with Crippen molar-refractivity contribution in [3.8, 4) is 11.5 Å². The first kappa shape index (κ1) is 13.2. The first-order chi connectivity index (χ1) is 9.13. The SMILES string of the molecule is COCC(C)n1cnnc1-c1cccc(C(=O)O)n1. The van der Waals surface area contributed by atoms with Gasteiger partial charge in [-0.1, -0.05) is 6.07 Å². The molecule has 1 N–H and O–H groups in total. The van der Waals surface area contributed by atoms with Crippen LogP contribution in [0, 0.1) is 0 Å². The van der Waals surface area contributed by atoms with Crippen LogP contribution in [-0.4, -0.2) is 44.5 Å². The van der Waals surface area contributed by atoms with E-state index in [0.717, 1.165) is 0 Å². The van der Waals surface area contributed by atoms with Crippen molar-refractivity contribution in [1.29, 1.82) is 0 Å². The maximum absolute atomic E-state index is 10.9. The number of pyridine rings is 1. The molecular weight excluding hydrogens is 248 g/mol. The Morgan fingerprint density at radius 2 is 2.32 bits per heavy atom. The third-order valence-electron chi connectivity index (χ3n) is 2.65. The number of nitrogens with zero attached hydrogens (tertiary/aromatic N) is 4. The lowest BCUT2D eigenvalue weighted by Gasteiger charge is -2.13. The number of hydrogen-bond donors (Lipinski definition) is 1. The molecule has 0 bridgehead atoms. The fourth-order valence-corrected chi connectivity index (χ4v) is 1.75. The van der Waals surface area contributed by atoms with Gasteiger partial charge < -0.3 is 14.4 Å². The summed E-state index contributed by atoms with van der Waals surface area (Å²) in [6.45, 7) is 2.46. The van der Waals surface area contributed by atoms with Crippen LogP contribution < -0.4 is 0 Å². The highest BCUT2D eigenvalue weighted by atomic mass is 16.5. The molecule has 0 aliphatic heterocycles. The standard InChI is InChI=1S/C12H14N4O3/c1-8(6-19-2)16-7-13-15-11(16)9-4-3-5-10(14-9)12(17)18/h3-5,7-8H,6H2,1-2H3,(H,17,18). The van der Waals surface area contributed by atoms with E-state index < -0.39 is 5.97 Å². The van der Waals surface area contributed by atoms with E-state index in [-0.39, 0.29) is 11.7 Å². The van der Waals surface area contributed by atoms with Crippen LogP contribution in [0.2, 0.25) is 0 Å². The summed E-state index contributed by atoms with van der Waals surface area (Å²) in [5.74, 6) is -0.550. The van der Waals surface area contributed by atoms with Crippen molar-refractivity contribution in [2.75, 3.05) is 13.7 Å². The fourth-order valence-electron chi connectivity index (χ4n) is 1.75. The van der Waals surface area contributed by atoms with E-state index in [0.29, 0.717) is 18.1 Å². The van der Waals surface area contributed by atoms with Crippen LogP contribution in [0.1, 0.15) is 23.5 Å². The number of carboxylic acids is 1. The van der Waals surface area contributed by atoms with E-state index in [1.807, 2.05) is 6.92 Å². The second-order valence-electron chi connectivity index (χ2n) is 4.08. The van der Waals surface area contributed by atoms with Gasteiger partial charge in [0.2, 0.25) is 0 Å². The lowest BCUT2D eigenvalue weighted by molar-refractivity contribution is 0.0690. The summed E-state index contributed by atoms with van der Waals surface area (Å²) in [4.78, 5) is 15.0. The van der Waals surface area contributed by atoms with Crippen molar-refractivity contribution in [2.24, 2.45) is 0 Å². The Balaban J connectivity index is 2.39. The van der Waals surface area contributed by atoms with Crippen molar-refractivity contribution in [3.05, 3.63) is 30.2 Å². The molecule has 0 saturated carbocycles. The monoisotopic (exact) mass is 262 g/mol. The van der Waals surface area contributed by atoms with Crippen molar-refractivity contribution in [2.45, 2.75) is 13.0 Å². The number of rotatable bonds is 5. The Bertz CT molecular complexity index is 582. The minimum absolute atomic E-state index is 0.0218. The highest BCUT2D eigenvalue weighted by Gasteiger charge is 2.15. The molecule has 2 aromatic rings. The molecule has 0 radical (unpaired) electrons. The number of carbonyl (C=O) groups is 1. The van der Waals surface area contributed by atoms with Gasteiger partial charge in [0, 0.05) is 7.11 Å². The van der Waals surface area contributed by atoms with Crippen molar-refractivity contribution in [3.63, 3.8) is 0 Å². The summed E-state index contributed by atoms with van der Waals surface area (Å²) in [7, 11) is 1.61. The van der Waals surface area contributed by atoms with E-state index in [1.165, 1.54) is 6.07 Å². The summed E-state index contributed by atoms with van der Waals surface area (Å²) in [5, 5.41) is 16.8. The molecule has 100 valence electrons. The minimum atomic E-state index is -1.07. The van der Waals surface area contributed by atoms with Gasteiger partial charge in [0.1, 0.15) is 17.7 Å². The molecule has 0 aromatic carbocycles. The number of aromatic nitrogens is 4. The largest absolute Gasteiger partial charge is 0.477 e. The lowest BCUT2D eigenvalue weighted by Crippen LogP contribution is -2.12. The molecule has 0 aliphatic rings. The smallest absolute Gasteiger partial charge is 0.354 e. The normalized spacial score (nSPS) is 12.3. The molecule has 1 atom stereocenters. The van der Waals surface area contributed by atoms with Crippen molar-refractivity contribution < 1.29 is 14.6 Å². The first-order valence-electron chi connectivity index (χ1n) is 5.72. The average molecular weight is 262 g/mol. The third-order valence-corrected chi connectivity index (χ3v) is 2.65. The van der Waals surface area contributed by atoms with Crippen LogP contribution in [0.3, 0.4) is 0 Å². The van der Waals surface area contributed by atoms with Gasteiger partial charge in [-0.05, 0) is 19.1 Å². The van der Waals surface area contributed by atoms with Gasteiger partial charge in [-0.3, -0.25) is 0 Å². The van der Waals surface area contributed by atoms with Crippen LogP contribution in [0.25, 0.3) is 11.5 Å². The summed E-state index contributed by atoms with van der Waals surface area (Å²) in [6.07, 6.45) is 1.58. The van der Waals surface area contributed by atoms with Gasteiger partial charge in [0.25, 0.3) is 0 Å². The van der Waals surface area contributed by atoms with Gasteiger partial charge in [-0.2, -0.15) is 0 Å². The highest BCUT2D eigenvalue weighted by Crippen LogP contribution is 2.18. The zero-order valence-corrected chi connectivity index (χ0v) is 10.6.